The third-order valence-electron chi connectivity index (χ3n) is 4.48. The number of piperazine rings is 1. The van der Waals surface area contributed by atoms with E-state index in [-0.39, 0.29) is 5.91 Å². The summed E-state index contributed by atoms with van der Waals surface area (Å²) < 4.78 is 10.7. The highest BCUT2D eigenvalue weighted by Gasteiger charge is 2.31. The molecule has 1 saturated heterocycles. The van der Waals surface area contributed by atoms with Gasteiger partial charge in [0.25, 0.3) is 0 Å². The van der Waals surface area contributed by atoms with Gasteiger partial charge >= 0.3 is 6.09 Å². The quantitative estimate of drug-likeness (QED) is 0.602. The van der Waals surface area contributed by atoms with Crippen molar-refractivity contribution < 1.29 is 18.8 Å². The Kier molecular flexibility index (Phi) is 7.96. The van der Waals surface area contributed by atoms with Gasteiger partial charge in [0.1, 0.15) is 11.1 Å². The van der Waals surface area contributed by atoms with Gasteiger partial charge < -0.3 is 19.9 Å². The fourth-order valence-corrected chi connectivity index (χ4v) is 2.93. The van der Waals surface area contributed by atoms with Gasteiger partial charge in [-0.05, 0) is 34.6 Å². The van der Waals surface area contributed by atoms with Crippen molar-refractivity contribution in [3.63, 3.8) is 0 Å². The van der Waals surface area contributed by atoms with Crippen molar-refractivity contribution in [3.05, 3.63) is 24.4 Å². The summed E-state index contributed by atoms with van der Waals surface area (Å²) in [6.45, 7) is 17.2. The standard InChI is InChI=1S/C20H34N6O4/c1-7-8-21-15(27)13-25-9-11-26(12-10-25)14-16-22-17(24-30-16)20(5,6)23-18(28)29-19(2,3)4/h7H,1,8-14H2,2-6H3,(H,21,27)(H,23,28). The maximum atomic E-state index is 12.1. The van der Waals surface area contributed by atoms with Crippen LogP contribution >= 0.6 is 0 Å². The highest BCUT2D eigenvalue weighted by atomic mass is 16.6. The van der Waals surface area contributed by atoms with E-state index in [2.05, 4.69) is 37.2 Å². The number of hydrogen-bond donors (Lipinski definition) is 2. The first kappa shape index (κ1) is 23.8. The van der Waals surface area contributed by atoms with E-state index in [1.165, 1.54) is 0 Å². The van der Waals surface area contributed by atoms with E-state index in [4.69, 9.17) is 9.26 Å². The van der Waals surface area contributed by atoms with Crippen LogP contribution in [-0.2, 0) is 21.6 Å². The predicted molar refractivity (Wildman–Crippen MR) is 112 cm³/mol. The van der Waals surface area contributed by atoms with E-state index in [0.717, 1.165) is 26.2 Å². The van der Waals surface area contributed by atoms with Crippen molar-refractivity contribution in [1.82, 2.24) is 30.6 Å². The largest absolute Gasteiger partial charge is 0.444 e. The number of aromatic nitrogens is 2. The van der Waals surface area contributed by atoms with Crippen LogP contribution in [0.15, 0.2) is 17.2 Å². The average Bonchev–Trinajstić information content (AvgIpc) is 3.09. The van der Waals surface area contributed by atoms with Crippen LogP contribution < -0.4 is 10.6 Å². The summed E-state index contributed by atoms with van der Waals surface area (Å²) in [7, 11) is 0. The smallest absolute Gasteiger partial charge is 0.408 e. The Hall–Kier alpha value is -2.46. The maximum Gasteiger partial charge on any atom is 0.408 e. The number of hydrogen-bond acceptors (Lipinski definition) is 8. The van der Waals surface area contributed by atoms with Crippen LogP contribution in [0.25, 0.3) is 0 Å². The van der Waals surface area contributed by atoms with Crippen molar-refractivity contribution in [2.75, 3.05) is 39.3 Å². The van der Waals surface area contributed by atoms with Crippen LogP contribution in [0.2, 0.25) is 0 Å². The van der Waals surface area contributed by atoms with E-state index < -0.39 is 17.2 Å². The first-order chi connectivity index (χ1) is 14.0. The Bertz CT molecular complexity index is 732. The molecule has 1 aromatic heterocycles. The molecule has 1 aromatic rings. The minimum atomic E-state index is -0.832. The molecule has 2 rings (SSSR count). The number of nitrogens with one attached hydrogen (secondary N) is 2. The molecule has 0 unspecified atom stereocenters. The Balaban J connectivity index is 1.82. The SMILES string of the molecule is C=CCNC(=O)CN1CCN(Cc2nc(C(C)(C)NC(=O)OC(C)(C)C)no2)CC1. The van der Waals surface area contributed by atoms with Crippen LogP contribution in [0.5, 0.6) is 0 Å². The molecular weight excluding hydrogens is 388 g/mol. The van der Waals surface area contributed by atoms with Crippen LogP contribution in [0.4, 0.5) is 4.79 Å². The van der Waals surface area contributed by atoms with Gasteiger partial charge in [0.05, 0.1) is 13.1 Å². The maximum absolute atomic E-state index is 12.1. The lowest BCUT2D eigenvalue weighted by Crippen LogP contribution is -2.49. The zero-order valence-electron chi connectivity index (χ0n) is 18.7. The van der Waals surface area contributed by atoms with Crippen molar-refractivity contribution in [2.45, 2.75) is 52.3 Å². The molecule has 30 heavy (non-hydrogen) atoms. The molecule has 0 radical (unpaired) electrons. The Morgan fingerprint density at radius 1 is 1.17 bits per heavy atom. The summed E-state index contributed by atoms with van der Waals surface area (Å²) in [6, 6.07) is 0. The van der Waals surface area contributed by atoms with Crippen molar-refractivity contribution in [2.24, 2.45) is 0 Å². The molecule has 1 fully saturated rings. The molecule has 0 bridgehead atoms. The fourth-order valence-electron chi connectivity index (χ4n) is 2.93. The summed E-state index contributed by atoms with van der Waals surface area (Å²) in [5.74, 6) is 0.881. The summed E-state index contributed by atoms with van der Waals surface area (Å²) in [5, 5.41) is 9.59. The predicted octanol–water partition coefficient (Wildman–Crippen LogP) is 1.25. The van der Waals surface area contributed by atoms with E-state index in [1.807, 2.05) is 0 Å². The van der Waals surface area contributed by atoms with Gasteiger partial charge in [0, 0.05) is 32.7 Å². The minimum Gasteiger partial charge on any atom is -0.444 e. The van der Waals surface area contributed by atoms with Crippen molar-refractivity contribution in [1.29, 1.82) is 0 Å². The third-order valence-corrected chi connectivity index (χ3v) is 4.48. The Labute approximate surface area is 178 Å². The number of carbonyl (C=O) groups excluding carboxylic acids is 2. The molecular formula is C20H34N6O4. The van der Waals surface area contributed by atoms with Gasteiger partial charge in [0.2, 0.25) is 11.8 Å². The van der Waals surface area contributed by atoms with E-state index in [0.29, 0.717) is 31.3 Å². The first-order valence-corrected chi connectivity index (χ1v) is 10.1. The first-order valence-electron chi connectivity index (χ1n) is 10.1. The molecule has 10 nitrogen and oxygen atoms in total. The van der Waals surface area contributed by atoms with E-state index in [9.17, 15) is 9.59 Å². The average molecular weight is 423 g/mol. The van der Waals surface area contributed by atoms with Crippen LogP contribution in [-0.4, -0.2) is 76.8 Å². The summed E-state index contributed by atoms with van der Waals surface area (Å²) >= 11 is 0. The van der Waals surface area contributed by atoms with Gasteiger partial charge in [-0.25, -0.2) is 4.79 Å². The lowest BCUT2D eigenvalue weighted by Gasteiger charge is -2.33. The second-order valence-electron chi connectivity index (χ2n) is 8.91. The number of alkyl carbamates (subject to hydrolysis) is 1. The Morgan fingerprint density at radius 3 is 2.40 bits per heavy atom. The van der Waals surface area contributed by atoms with Gasteiger partial charge in [0.15, 0.2) is 5.82 Å². The second kappa shape index (κ2) is 10.0. The molecule has 0 aromatic carbocycles. The lowest BCUT2D eigenvalue weighted by atomic mass is 10.1. The molecule has 2 N–H and O–H groups in total. The highest BCUT2D eigenvalue weighted by molar-refractivity contribution is 5.78. The molecule has 1 aliphatic heterocycles. The molecule has 0 saturated carbocycles. The van der Waals surface area contributed by atoms with Gasteiger partial charge in [-0.1, -0.05) is 11.2 Å². The summed E-state index contributed by atoms with van der Waals surface area (Å²) in [4.78, 5) is 32.6. The van der Waals surface area contributed by atoms with Crippen molar-refractivity contribution in [3.8, 4) is 0 Å². The minimum absolute atomic E-state index is 0.00427. The van der Waals surface area contributed by atoms with Crippen LogP contribution in [0, 0.1) is 0 Å². The van der Waals surface area contributed by atoms with Crippen LogP contribution in [0.1, 0.15) is 46.3 Å². The zero-order valence-corrected chi connectivity index (χ0v) is 18.7. The molecule has 0 spiro atoms. The lowest BCUT2D eigenvalue weighted by molar-refractivity contribution is -0.122. The van der Waals surface area contributed by atoms with Crippen LogP contribution in [0.3, 0.4) is 0 Å². The molecule has 0 aliphatic carbocycles. The van der Waals surface area contributed by atoms with E-state index >= 15 is 0 Å². The zero-order chi connectivity index (χ0) is 22.4. The number of rotatable bonds is 8. The van der Waals surface area contributed by atoms with Gasteiger partial charge in [-0.15, -0.1) is 6.58 Å². The summed E-state index contributed by atoms with van der Waals surface area (Å²) in [5.41, 5.74) is -1.42. The molecule has 2 heterocycles. The summed E-state index contributed by atoms with van der Waals surface area (Å²) in [6.07, 6.45) is 1.13. The van der Waals surface area contributed by atoms with Crippen molar-refractivity contribution >= 4 is 12.0 Å². The number of nitrogens with zero attached hydrogens (tertiary/aromatic N) is 4. The number of carbonyl (C=O) groups is 2. The number of ether oxygens (including phenoxy) is 1. The fraction of sp³-hybridized carbons (Fsp3) is 0.700. The molecule has 2 amide bonds. The monoisotopic (exact) mass is 422 g/mol. The third kappa shape index (κ3) is 7.75. The Morgan fingerprint density at radius 2 is 1.80 bits per heavy atom. The van der Waals surface area contributed by atoms with Gasteiger partial charge in [-0.2, -0.15) is 4.98 Å². The normalized spacial score (nSPS) is 16.2. The molecule has 10 heteroatoms. The van der Waals surface area contributed by atoms with Gasteiger partial charge in [-0.3, -0.25) is 14.6 Å². The molecule has 0 atom stereocenters. The second-order valence-corrected chi connectivity index (χ2v) is 8.91. The molecule has 1 aliphatic rings. The number of amides is 2. The van der Waals surface area contributed by atoms with E-state index in [1.54, 1.807) is 40.7 Å². The molecule has 168 valence electrons. The highest BCUT2D eigenvalue weighted by Crippen LogP contribution is 2.19. The topological polar surface area (TPSA) is 113 Å².